The Morgan fingerprint density at radius 3 is 2.81 bits per heavy atom. The molecule has 3 aromatic rings. The highest BCUT2D eigenvalue weighted by molar-refractivity contribution is 7.98. The molecular weight excluding hydrogens is 352 g/mol. The molecule has 2 heterocycles. The number of aldehydes is 1. The minimum atomic E-state index is 0.739. The lowest BCUT2D eigenvalue weighted by Crippen LogP contribution is -2.30. The molecule has 0 aliphatic carbocycles. The molecule has 0 saturated carbocycles. The van der Waals surface area contributed by atoms with Gasteiger partial charge in [-0.15, -0.1) is 0 Å². The summed E-state index contributed by atoms with van der Waals surface area (Å²) in [6.07, 6.45) is 6.49. The molecule has 0 atom stereocenters. The van der Waals surface area contributed by atoms with Crippen LogP contribution in [-0.4, -0.2) is 41.6 Å². The molecule has 4 heteroatoms. The number of fused-ring (bicyclic) bond motifs is 1. The number of nitrogens with one attached hydrogen (secondary N) is 1. The van der Waals surface area contributed by atoms with Crippen LogP contribution in [0.2, 0.25) is 0 Å². The zero-order chi connectivity index (χ0) is 18.5. The van der Waals surface area contributed by atoms with Crippen molar-refractivity contribution in [3.8, 4) is 0 Å². The number of benzene rings is 2. The molecule has 0 saturated heterocycles. The van der Waals surface area contributed by atoms with E-state index in [9.17, 15) is 4.79 Å². The van der Waals surface area contributed by atoms with Gasteiger partial charge in [0.2, 0.25) is 0 Å². The number of hydrogen-bond donors (Lipinski definition) is 1. The molecule has 0 spiro atoms. The quantitative estimate of drug-likeness (QED) is 0.465. The molecule has 3 nitrogen and oxygen atoms in total. The molecule has 0 fully saturated rings. The van der Waals surface area contributed by atoms with Gasteiger partial charge in [-0.05, 0) is 41.3 Å². The smallest absolute Gasteiger partial charge is 0.150 e. The van der Waals surface area contributed by atoms with Crippen molar-refractivity contribution in [2.75, 3.05) is 25.4 Å². The van der Waals surface area contributed by atoms with Crippen LogP contribution in [-0.2, 0) is 5.75 Å². The van der Waals surface area contributed by atoms with Crippen molar-refractivity contribution in [3.05, 3.63) is 77.5 Å². The monoisotopic (exact) mass is 376 g/mol. The maximum atomic E-state index is 11.0. The Hall–Kier alpha value is -2.30. The van der Waals surface area contributed by atoms with Crippen molar-refractivity contribution in [2.24, 2.45) is 0 Å². The summed E-state index contributed by atoms with van der Waals surface area (Å²) < 4.78 is 0. The number of hydrogen-bond acceptors (Lipinski definition) is 3. The minimum absolute atomic E-state index is 0.739. The van der Waals surface area contributed by atoms with Crippen LogP contribution in [0.25, 0.3) is 16.5 Å². The molecule has 0 radical (unpaired) electrons. The third-order valence-electron chi connectivity index (χ3n) is 5.17. The van der Waals surface area contributed by atoms with E-state index in [0.29, 0.717) is 0 Å². The summed E-state index contributed by atoms with van der Waals surface area (Å²) in [4.78, 5) is 16.8. The predicted molar refractivity (Wildman–Crippen MR) is 115 cm³/mol. The van der Waals surface area contributed by atoms with Gasteiger partial charge in [0.25, 0.3) is 0 Å². The van der Waals surface area contributed by atoms with Crippen LogP contribution in [0.5, 0.6) is 0 Å². The topological polar surface area (TPSA) is 36.1 Å². The van der Waals surface area contributed by atoms with Crippen molar-refractivity contribution in [3.63, 3.8) is 0 Å². The first kappa shape index (κ1) is 18.1. The molecule has 4 rings (SSSR count). The highest BCUT2D eigenvalue weighted by Crippen LogP contribution is 2.25. The molecular formula is C23H24N2OS. The Bertz CT molecular complexity index is 945. The summed E-state index contributed by atoms with van der Waals surface area (Å²) in [5, 5.41) is 1.17. The third-order valence-corrected chi connectivity index (χ3v) is 6.16. The summed E-state index contributed by atoms with van der Waals surface area (Å²) in [6.45, 7) is 3.29. The maximum absolute atomic E-state index is 11.0. The fraction of sp³-hybridized carbons (Fsp3) is 0.261. The highest BCUT2D eigenvalue weighted by atomic mass is 32.2. The largest absolute Gasteiger partial charge is 0.361 e. The summed E-state index contributed by atoms with van der Waals surface area (Å²) in [7, 11) is 0. The van der Waals surface area contributed by atoms with Gasteiger partial charge >= 0.3 is 0 Å². The fourth-order valence-corrected chi connectivity index (χ4v) is 4.58. The van der Waals surface area contributed by atoms with Crippen LogP contribution in [0.15, 0.2) is 60.8 Å². The van der Waals surface area contributed by atoms with Crippen LogP contribution in [0.3, 0.4) is 0 Å². The molecule has 138 valence electrons. The van der Waals surface area contributed by atoms with E-state index in [1.54, 1.807) is 0 Å². The number of carbonyl (C=O) groups excluding carboxylic acids is 1. The van der Waals surface area contributed by atoms with Crippen molar-refractivity contribution >= 4 is 34.5 Å². The summed E-state index contributed by atoms with van der Waals surface area (Å²) in [5.74, 6) is 2.09. The summed E-state index contributed by atoms with van der Waals surface area (Å²) in [6, 6.07) is 16.5. The molecule has 2 aromatic carbocycles. The second-order valence-electron chi connectivity index (χ2n) is 6.94. The van der Waals surface area contributed by atoms with Gasteiger partial charge in [-0.3, -0.25) is 9.69 Å². The Kier molecular flexibility index (Phi) is 5.75. The Morgan fingerprint density at radius 2 is 2.04 bits per heavy atom. The fourth-order valence-electron chi connectivity index (χ4n) is 3.59. The molecule has 0 bridgehead atoms. The lowest BCUT2D eigenvalue weighted by molar-refractivity contribution is 0.112. The first-order chi connectivity index (χ1) is 13.3. The molecule has 1 aliphatic heterocycles. The zero-order valence-electron chi connectivity index (χ0n) is 15.4. The van der Waals surface area contributed by atoms with E-state index in [2.05, 4.69) is 52.5 Å². The number of H-pyrrole nitrogens is 1. The number of carbonyl (C=O) groups is 1. The van der Waals surface area contributed by atoms with Gasteiger partial charge in [0.05, 0.1) is 0 Å². The Morgan fingerprint density at radius 1 is 1.15 bits per heavy atom. The first-order valence-electron chi connectivity index (χ1n) is 9.43. The molecule has 1 N–H and O–H groups in total. The van der Waals surface area contributed by atoms with Gasteiger partial charge in [0.1, 0.15) is 6.29 Å². The van der Waals surface area contributed by atoms with Crippen LogP contribution in [0.1, 0.15) is 27.9 Å². The predicted octanol–water partition coefficient (Wildman–Crippen LogP) is 5.00. The van der Waals surface area contributed by atoms with E-state index in [1.165, 1.54) is 22.1 Å². The average Bonchev–Trinajstić information content (AvgIpc) is 3.14. The van der Waals surface area contributed by atoms with Gasteiger partial charge in [0.15, 0.2) is 0 Å². The lowest BCUT2D eigenvalue weighted by Gasteiger charge is -2.26. The van der Waals surface area contributed by atoms with Crippen LogP contribution >= 0.6 is 11.8 Å². The summed E-state index contributed by atoms with van der Waals surface area (Å²) in [5.41, 5.74) is 5.96. The Labute approximate surface area is 164 Å². The van der Waals surface area contributed by atoms with Crippen molar-refractivity contribution < 1.29 is 4.79 Å². The van der Waals surface area contributed by atoms with E-state index in [0.717, 1.165) is 54.9 Å². The number of aromatic nitrogens is 1. The van der Waals surface area contributed by atoms with E-state index < -0.39 is 0 Å². The molecule has 0 unspecified atom stereocenters. The van der Waals surface area contributed by atoms with Crippen LogP contribution in [0, 0.1) is 0 Å². The second-order valence-corrected chi connectivity index (χ2v) is 8.04. The number of rotatable bonds is 7. The van der Waals surface area contributed by atoms with Crippen molar-refractivity contribution in [2.45, 2.75) is 12.2 Å². The zero-order valence-corrected chi connectivity index (χ0v) is 16.2. The molecule has 1 aromatic heterocycles. The minimum Gasteiger partial charge on any atom is -0.361 e. The van der Waals surface area contributed by atoms with Crippen LogP contribution < -0.4 is 0 Å². The standard InChI is InChI=1S/C23H24N2OS/c26-16-18-6-7-23-22(14-18)21(15-24-23)17-27-13-12-25-10-8-20(9-11-25)19-4-2-1-3-5-19/h1-8,14-16,24H,9-13,17H2. The first-order valence-corrected chi connectivity index (χ1v) is 10.6. The molecule has 0 amide bonds. The average molecular weight is 377 g/mol. The maximum Gasteiger partial charge on any atom is 0.150 e. The Balaban J connectivity index is 1.26. The normalized spacial score (nSPS) is 15.0. The second kappa shape index (κ2) is 8.59. The molecule has 27 heavy (non-hydrogen) atoms. The van der Waals surface area contributed by atoms with Gasteiger partial charge in [0, 0.05) is 53.8 Å². The van der Waals surface area contributed by atoms with Gasteiger partial charge in [-0.25, -0.2) is 0 Å². The lowest BCUT2D eigenvalue weighted by atomic mass is 10.00. The number of thioether (sulfide) groups is 1. The number of nitrogens with zero attached hydrogens (tertiary/aromatic N) is 1. The van der Waals surface area contributed by atoms with E-state index in [4.69, 9.17) is 0 Å². The van der Waals surface area contributed by atoms with Crippen LogP contribution in [0.4, 0.5) is 0 Å². The van der Waals surface area contributed by atoms with E-state index in [-0.39, 0.29) is 0 Å². The van der Waals surface area contributed by atoms with Crippen molar-refractivity contribution in [1.29, 1.82) is 0 Å². The molecule has 1 aliphatic rings. The van der Waals surface area contributed by atoms with Gasteiger partial charge in [-0.2, -0.15) is 11.8 Å². The van der Waals surface area contributed by atoms with Crippen molar-refractivity contribution in [1.82, 2.24) is 9.88 Å². The SMILES string of the molecule is O=Cc1ccc2[nH]cc(CSCCN3CC=C(c4ccccc4)CC3)c2c1. The van der Waals surface area contributed by atoms with E-state index >= 15 is 0 Å². The van der Waals surface area contributed by atoms with E-state index in [1.807, 2.05) is 30.0 Å². The summed E-state index contributed by atoms with van der Waals surface area (Å²) >= 11 is 1.96. The highest BCUT2D eigenvalue weighted by Gasteiger charge is 2.12. The third kappa shape index (κ3) is 4.34. The number of aromatic amines is 1. The van der Waals surface area contributed by atoms with Gasteiger partial charge < -0.3 is 4.98 Å². The van der Waals surface area contributed by atoms with Gasteiger partial charge in [-0.1, -0.05) is 36.4 Å².